The molecule has 4 heteroatoms. The number of hydrogen-bond donors (Lipinski definition) is 1. The Morgan fingerprint density at radius 3 is 3.00 bits per heavy atom. The molecule has 2 N–H and O–H groups in total. The summed E-state index contributed by atoms with van der Waals surface area (Å²) in [6.45, 7) is 1.53. The molecule has 0 amide bonds. The Hall–Kier alpha value is -1.81. The van der Waals surface area contributed by atoms with Gasteiger partial charge >= 0.3 is 5.97 Å². The van der Waals surface area contributed by atoms with Gasteiger partial charge in [-0.3, -0.25) is 0 Å². The first-order chi connectivity index (χ1) is 9.77. The molecule has 0 fully saturated rings. The van der Waals surface area contributed by atoms with Gasteiger partial charge in [-0.25, -0.2) is 4.79 Å². The van der Waals surface area contributed by atoms with Crippen LogP contribution < -0.4 is 5.73 Å². The van der Waals surface area contributed by atoms with E-state index in [-0.39, 0.29) is 5.97 Å². The molecule has 0 unspecified atom stereocenters. The maximum atomic E-state index is 12.0. The first-order valence-electron chi connectivity index (χ1n) is 7.19. The fraction of sp³-hybridized carbons (Fsp3) is 0.438. The summed E-state index contributed by atoms with van der Waals surface area (Å²) < 4.78 is 7.22. The highest BCUT2D eigenvalue weighted by molar-refractivity contribution is 6.04. The van der Waals surface area contributed by atoms with Gasteiger partial charge in [0.25, 0.3) is 0 Å². The molecule has 2 aromatic rings. The Morgan fingerprint density at radius 2 is 2.25 bits per heavy atom. The van der Waals surface area contributed by atoms with Crippen molar-refractivity contribution in [1.82, 2.24) is 4.57 Å². The quantitative estimate of drug-likeness (QED) is 0.869. The van der Waals surface area contributed by atoms with Crippen molar-refractivity contribution in [3.8, 4) is 0 Å². The van der Waals surface area contributed by atoms with E-state index in [4.69, 9.17) is 10.5 Å². The number of carbonyl (C=O) groups is 1. The molecule has 1 aromatic heterocycles. The predicted molar refractivity (Wildman–Crippen MR) is 79.0 cm³/mol. The van der Waals surface area contributed by atoms with Crippen molar-refractivity contribution in [2.45, 2.75) is 32.2 Å². The first kappa shape index (κ1) is 13.2. The van der Waals surface area contributed by atoms with Gasteiger partial charge in [-0.15, -0.1) is 0 Å². The second-order valence-corrected chi connectivity index (χ2v) is 5.27. The van der Waals surface area contributed by atoms with Crippen molar-refractivity contribution in [2.75, 3.05) is 13.7 Å². The van der Waals surface area contributed by atoms with Crippen LogP contribution in [0.2, 0.25) is 0 Å². The van der Waals surface area contributed by atoms with Crippen LogP contribution in [-0.4, -0.2) is 24.2 Å². The number of aromatic nitrogens is 1. The molecular weight excluding hydrogens is 252 g/mol. The molecule has 0 radical (unpaired) electrons. The van der Waals surface area contributed by atoms with Gasteiger partial charge in [0.15, 0.2) is 0 Å². The SMILES string of the molecule is COC(=O)c1cccc2c3c(n(CCCN)c12)CCC3. The van der Waals surface area contributed by atoms with Crippen LogP contribution in [0, 0.1) is 0 Å². The first-order valence-corrected chi connectivity index (χ1v) is 7.19. The number of ether oxygens (including phenoxy) is 1. The molecule has 0 saturated heterocycles. The smallest absolute Gasteiger partial charge is 0.340 e. The summed E-state index contributed by atoms with van der Waals surface area (Å²) in [5.41, 5.74) is 10.1. The number of fused-ring (bicyclic) bond motifs is 3. The van der Waals surface area contributed by atoms with Crippen molar-refractivity contribution in [3.63, 3.8) is 0 Å². The van der Waals surface area contributed by atoms with Gasteiger partial charge < -0.3 is 15.0 Å². The molecule has 0 aliphatic heterocycles. The number of esters is 1. The van der Waals surface area contributed by atoms with Gasteiger partial charge in [-0.05, 0) is 43.9 Å². The Balaban J connectivity index is 2.25. The van der Waals surface area contributed by atoms with Crippen LogP contribution in [0.3, 0.4) is 0 Å². The van der Waals surface area contributed by atoms with Crippen molar-refractivity contribution in [3.05, 3.63) is 35.0 Å². The molecule has 4 nitrogen and oxygen atoms in total. The molecule has 0 atom stereocenters. The zero-order chi connectivity index (χ0) is 14.1. The number of nitrogens with zero attached hydrogens (tertiary/aromatic N) is 1. The van der Waals surface area contributed by atoms with Crippen LogP contribution >= 0.6 is 0 Å². The Kier molecular flexibility index (Phi) is 3.49. The Labute approximate surface area is 118 Å². The summed E-state index contributed by atoms with van der Waals surface area (Å²) >= 11 is 0. The predicted octanol–water partition coefficient (Wildman–Crippen LogP) is 2.27. The average molecular weight is 272 g/mol. The van der Waals surface area contributed by atoms with E-state index in [1.165, 1.54) is 30.2 Å². The summed E-state index contributed by atoms with van der Waals surface area (Å²) in [4.78, 5) is 12.0. The highest BCUT2D eigenvalue weighted by Gasteiger charge is 2.24. The minimum atomic E-state index is -0.263. The van der Waals surface area contributed by atoms with Gasteiger partial charge in [0.1, 0.15) is 0 Å². The van der Waals surface area contributed by atoms with Crippen LogP contribution in [0.5, 0.6) is 0 Å². The zero-order valence-electron chi connectivity index (χ0n) is 11.8. The largest absolute Gasteiger partial charge is 0.465 e. The average Bonchev–Trinajstić information content (AvgIpc) is 3.05. The fourth-order valence-corrected chi connectivity index (χ4v) is 3.30. The van der Waals surface area contributed by atoms with E-state index in [2.05, 4.69) is 10.6 Å². The number of rotatable bonds is 4. The summed E-state index contributed by atoms with van der Waals surface area (Å²) in [5, 5.41) is 1.21. The number of aryl methyl sites for hydroxylation is 2. The van der Waals surface area contributed by atoms with Crippen molar-refractivity contribution in [1.29, 1.82) is 0 Å². The van der Waals surface area contributed by atoms with Crippen molar-refractivity contribution >= 4 is 16.9 Å². The highest BCUT2D eigenvalue weighted by atomic mass is 16.5. The third kappa shape index (κ3) is 1.91. The molecule has 106 valence electrons. The van der Waals surface area contributed by atoms with Gasteiger partial charge in [0.2, 0.25) is 0 Å². The molecule has 3 rings (SSSR count). The standard InChI is InChI=1S/C16H20N2O2/c1-20-16(19)13-7-2-6-12-11-5-3-8-14(11)18(15(12)13)10-4-9-17/h2,6-7H,3-5,8-10,17H2,1H3. The maximum absolute atomic E-state index is 12.0. The monoisotopic (exact) mass is 272 g/mol. The number of hydrogen-bond acceptors (Lipinski definition) is 3. The van der Waals surface area contributed by atoms with E-state index in [0.29, 0.717) is 12.1 Å². The summed E-state index contributed by atoms with van der Waals surface area (Å²) in [7, 11) is 1.43. The Morgan fingerprint density at radius 1 is 1.40 bits per heavy atom. The maximum Gasteiger partial charge on any atom is 0.340 e. The summed E-state index contributed by atoms with van der Waals surface area (Å²) in [6, 6.07) is 5.91. The van der Waals surface area contributed by atoms with E-state index in [0.717, 1.165) is 31.3 Å². The Bertz CT molecular complexity index is 658. The lowest BCUT2D eigenvalue weighted by molar-refractivity contribution is 0.0602. The lowest BCUT2D eigenvalue weighted by Crippen LogP contribution is -2.10. The molecule has 1 heterocycles. The molecular formula is C16H20N2O2. The van der Waals surface area contributed by atoms with E-state index >= 15 is 0 Å². The molecule has 1 aromatic carbocycles. The third-order valence-electron chi connectivity index (χ3n) is 4.14. The minimum Gasteiger partial charge on any atom is -0.465 e. The normalized spacial score (nSPS) is 13.7. The third-order valence-corrected chi connectivity index (χ3v) is 4.14. The van der Waals surface area contributed by atoms with Crippen molar-refractivity contribution < 1.29 is 9.53 Å². The lowest BCUT2D eigenvalue weighted by atomic mass is 10.1. The number of carbonyl (C=O) groups excluding carboxylic acids is 1. The number of methoxy groups -OCH3 is 1. The number of nitrogens with two attached hydrogens (primary N) is 1. The summed E-state index contributed by atoms with van der Waals surface area (Å²) in [6.07, 6.45) is 4.32. The van der Waals surface area contributed by atoms with E-state index in [9.17, 15) is 4.79 Å². The fourth-order valence-electron chi connectivity index (χ4n) is 3.30. The summed E-state index contributed by atoms with van der Waals surface area (Å²) in [5.74, 6) is -0.263. The molecule has 0 spiro atoms. The second kappa shape index (κ2) is 5.29. The van der Waals surface area contributed by atoms with E-state index in [1.54, 1.807) is 0 Å². The van der Waals surface area contributed by atoms with E-state index < -0.39 is 0 Å². The number of benzene rings is 1. The molecule has 0 bridgehead atoms. The van der Waals surface area contributed by atoms with Crippen molar-refractivity contribution in [2.24, 2.45) is 5.73 Å². The molecule has 1 aliphatic rings. The van der Waals surface area contributed by atoms with Crippen LogP contribution in [0.15, 0.2) is 18.2 Å². The highest BCUT2D eigenvalue weighted by Crippen LogP contribution is 2.35. The van der Waals surface area contributed by atoms with Gasteiger partial charge in [0, 0.05) is 17.6 Å². The van der Waals surface area contributed by atoms with Gasteiger partial charge in [-0.2, -0.15) is 0 Å². The topological polar surface area (TPSA) is 57.2 Å². The van der Waals surface area contributed by atoms with E-state index in [1.807, 2.05) is 12.1 Å². The van der Waals surface area contributed by atoms with Crippen LogP contribution in [-0.2, 0) is 24.1 Å². The molecule has 20 heavy (non-hydrogen) atoms. The van der Waals surface area contributed by atoms with Crippen LogP contribution in [0.4, 0.5) is 0 Å². The van der Waals surface area contributed by atoms with Crippen LogP contribution in [0.25, 0.3) is 10.9 Å². The second-order valence-electron chi connectivity index (χ2n) is 5.27. The number of para-hydroxylation sites is 1. The molecule has 0 saturated carbocycles. The zero-order valence-corrected chi connectivity index (χ0v) is 11.8. The molecule has 1 aliphatic carbocycles. The van der Waals surface area contributed by atoms with Gasteiger partial charge in [0.05, 0.1) is 18.2 Å². The lowest BCUT2D eigenvalue weighted by Gasteiger charge is -2.11. The minimum absolute atomic E-state index is 0.263. The van der Waals surface area contributed by atoms with Gasteiger partial charge in [-0.1, -0.05) is 12.1 Å². The van der Waals surface area contributed by atoms with Crippen LogP contribution in [0.1, 0.15) is 34.5 Å².